The standard InChI is InChI=1S/C36H36O8/c1-22(37)41-27-15-11-24(12-16-27)29-21-35(33(40)43-29)31-30(25-9-5-3-6-10-25)32(39)44-36(31,34(35)19-7-4-8-20-34)26-13-17-28(18-14-26)42-23(2)38/h11-18,21,31H,3-10,19-20H2,1-2H3. The topological polar surface area (TPSA) is 105 Å². The van der Waals surface area contributed by atoms with E-state index in [1.807, 2.05) is 18.2 Å². The Kier molecular flexibility index (Phi) is 6.79. The molecular formula is C36H36O8. The van der Waals surface area contributed by atoms with Crippen LogP contribution in [-0.2, 0) is 34.3 Å². The van der Waals surface area contributed by atoms with E-state index in [1.54, 1.807) is 36.4 Å². The van der Waals surface area contributed by atoms with Crippen LogP contribution in [0.1, 0.15) is 89.2 Å². The molecule has 7 rings (SSSR count). The van der Waals surface area contributed by atoms with Crippen molar-refractivity contribution in [3.8, 4) is 11.5 Å². The van der Waals surface area contributed by atoms with Crippen LogP contribution < -0.4 is 9.47 Å². The predicted octanol–water partition coefficient (Wildman–Crippen LogP) is 6.71. The molecule has 2 spiro atoms. The summed E-state index contributed by atoms with van der Waals surface area (Å²) in [6, 6.07) is 14.2. The van der Waals surface area contributed by atoms with Crippen LogP contribution in [0.4, 0.5) is 0 Å². The fourth-order valence-corrected chi connectivity index (χ4v) is 8.99. The molecule has 3 aliphatic carbocycles. The first kappa shape index (κ1) is 28.6. The zero-order valence-electron chi connectivity index (χ0n) is 25.1. The highest BCUT2D eigenvalue weighted by Crippen LogP contribution is 2.83. The number of ether oxygens (including phenoxy) is 4. The van der Waals surface area contributed by atoms with E-state index < -0.39 is 34.3 Å². The minimum absolute atomic E-state index is 0.335. The quantitative estimate of drug-likeness (QED) is 0.218. The van der Waals surface area contributed by atoms with Gasteiger partial charge in [0.25, 0.3) is 0 Å². The monoisotopic (exact) mass is 596 g/mol. The molecule has 228 valence electrons. The molecule has 2 aliphatic heterocycles. The van der Waals surface area contributed by atoms with Crippen molar-refractivity contribution in [2.24, 2.45) is 16.7 Å². The van der Waals surface area contributed by atoms with E-state index in [-0.39, 0.29) is 11.9 Å². The number of fused-ring (bicyclic) bond motifs is 4. The minimum Gasteiger partial charge on any atom is -0.449 e. The van der Waals surface area contributed by atoms with Crippen molar-refractivity contribution in [1.29, 1.82) is 0 Å². The third-order valence-electron chi connectivity index (χ3n) is 10.5. The van der Waals surface area contributed by atoms with E-state index >= 15 is 0 Å². The average Bonchev–Trinajstić information content (AvgIpc) is 3.53. The van der Waals surface area contributed by atoms with Gasteiger partial charge in [-0.1, -0.05) is 43.4 Å². The highest BCUT2D eigenvalue weighted by molar-refractivity contribution is 6.02. The Morgan fingerprint density at radius 1 is 0.773 bits per heavy atom. The second-order valence-corrected chi connectivity index (χ2v) is 12.8. The molecule has 3 atom stereocenters. The number of benzene rings is 2. The predicted molar refractivity (Wildman–Crippen MR) is 159 cm³/mol. The molecule has 0 aromatic heterocycles. The molecule has 8 heteroatoms. The summed E-state index contributed by atoms with van der Waals surface area (Å²) < 4.78 is 23.3. The molecule has 0 bridgehead atoms. The fourth-order valence-electron chi connectivity index (χ4n) is 8.99. The van der Waals surface area contributed by atoms with Crippen molar-refractivity contribution in [3.05, 3.63) is 76.9 Å². The lowest BCUT2D eigenvalue weighted by Crippen LogP contribution is -2.75. The maximum atomic E-state index is 14.5. The largest absolute Gasteiger partial charge is 0.449 e. The number of cyclic esters (lactones) is 1. The Bertz CT molecular complexity index is 1600. The van der Waals surface area contributed by atoms with Crippen LogP contribution in [-0.4, -0.2) is 23.9 Å². The van der Waals surface area contributed by atoms with Crippen LogP contribution in [0, 0.1) is 16.7 Å². The lowest BCUT2D eigenvalue weighted by Gasteiger charge is -2.70. The number of esters is 4. The maximum absolute atomic E-state index is 14.5. The van der Waals surface area contributed by atoms with Gasteiger partial charge in [0.15, 0.2) is 5.60 Å². The van der Waals surface area contributed by atoms with Crippen LogP contribution in [0.2, 0.25) is 0 Å². The Morgan fingerprint density at radius 3 is 1.93 bits per heavy atom. The number of carbonyl (C=O) groups excluding carboxylic acids is 4. The Hall–Kier alpha value is -4.20. The molecule has 0 amide bonds. The summed E-state index contributed by atoms with van der Waals surface area (Å²) >= 11 is 0. The van der Waals surface area contributed by atoms with E-state index in [0.717, 1.165) is 62.5 Å². The molecule has 5 aliphatic rings. The van der Waals surface area contributed by atoms with E-state index in [1.165, 1.54) is 13.8 Å². The van der Waals surface area contributed by atoms with Gasteiger partial charge in [0.05, 0.1) is 5.92 Å². The van der Waals surface area contributed by atoms with E-state index in [2.05, 4.69) is 0 Å². The normalized spacial score (nSPS) is 28.6. The van der Waals surface area contributed by atoms with Crippen LogP contribution in [0.25, 0.3) is 5.76 Å². The molecule has 44 heavy (non-hydrogen) atoms. The summed E-state index contributed by atoms with van der Waals surface area (Å²) in [5, 5.41) is 0. The van der Waals surface area contributed by atoms with Crippen molar-refractivity contribution < 1.29 is 38.1 Å². The van der Waals surface area contributed by atoms with Gasteiger partial charge in [0.1, 0.15) is 22.7 Å². The summed E-state index contributed by atoms with van der Waals surface area (Å²) in [7, 11) is 0. The van der Waals surface area contributed by atoms with Gasteiger partial charge in [-0.15, -0.1) is 0 Å². The van der Waals surface area contributed by atoms with Crippen molar-refractivity contribution in [2.75, 3.05) is 0 Å². The van der Waals surface area contributed by atoms with Gasteiger partial charge in [-0.3, -0.25) is 14.4 Å². The van der Waals surface area contributed by atoms with Gasteiger partial charge >= 0.3 is 23.9 Å². The molecule has 1 saturated heterocycles. The first-order valence-corrected chi connectivity index (χ1v) is 15.7. The Morgan fingerprint density at radius 2 is 1.34 bits per heavy atom. The lowest BCUT2D eigenvalue weighted by atomic mass is 9.31. The molecule has 2 aromatic carbocycles. The summed E-state index contributed by atoms with van der Waals surface area (Å²) in [6.07, 6.45) is 11.0. The summed E-state index contributed by atoms with van der Waals surface area (Å²) in [5.74, 6) is -0.785. The van der Waals surface area contributed by atoms with Gasteiger partial charge in [-0.05, 0) is 86.6 Å². The third kappa shape index (κ3) is 3.95. The molecule has 8 nitrogen and oxygen atoms in total. The summed E-state index contributed by atoms with van der Waals surface area (Å²) in [5.41, 5.74) is 0.388. The Labute approximate surface area is 256 Å². The van der Waals surface area contributed by atoms with Crippen molar-refractivity contribution in [2.45, 2.75) is 83.7 Å². The van der Waals surface area contributed by atoms with Crippen LogP contribution >= 0.6 is 0 Å². The van der Waals surface area contributed by atoms with E-state index in [9.17, 15) is 19.2 Å². The van der Waals surface area contributed by atoms with Crippen LogP contribution in [0.3, 0.4) is 0 Å². The molecule has 3 unspecified atom stereocenters. The third-order valence-corrected chi connectivity index (χ3v) is 10.5. The van der Waals surface area contributed by atoms with Crippen molar-refractivity contribution >= 4 is 29.6 Å². The van der Waals surface area contributed by atoms with Gasteiger partial charge in [-0.2, -0.15) is 0 Å². The number of allylic oxidation sites excluding steroid dienone is 1. The number of rotatable bonds is 4. The first-order chi connectivity index (χ1) is 21.2. The zero-order valence-corrected chi connectivity index (χ0v) is 25.1. The van der Waals surface area contributed by atoms with Crippen LogP contribution in [0.15, 0.2) is 65.8 Å². The van der Waals surface area contributed by atoms with E-state index in [4.69, 9.17) is 18.9 Å². The fraction of sp³-hybridized carbons (Fsp3) is 0.444. The lowest BCUT2D eigenvalue weighted by molar-refractivity contribution is -0.285. The first-order valence-electron chi connectivity index (χ1n) is 15.7. The van der Waals surface area contributed by atoms with Gasteiger partial charge < -0.3 is 18.9 Å². The van der Waals surface area contributed by atoms with Gasteiger partial charge in [0.2, 0.25) is 0 Å². The van der Waals surface area contributed by atoms with Gasteiger partial charge in [0, 0.05) is 30.4 Å². The maximum Gasteiger partial charge on any atom is 0.335 e. The summed E-state index contributed by atoms with van der Waals surface area (Å²) in [4.78, 5) is 51.7. The number of hydrogen-bond donors (Lipinski definition) is 0. The average molecular weight is 597 g/mol. The zero-order chi connectivity index (χ0) is 30.7. The molecule has 0 N–H and O–H groups in total. The molecule has 2 aromatic rings. The Balaban J connectivity index is 1.42. The van der Waals surface area contributed by atoms with E-state index in [0.29, 0.717) is 41.2 Å². The molecule has 2 heterocycles. The highest BCUT2D eigenvalue weighted by Gasteiger charge is 2.89. The molecule has 4 fully saturated rings. The highest BCUT2D eigenvalue weighted by atomic mass is 16.6. The molecule has 0 radical (unpaired) electrons. The van der Waals surface area contributed by atoms with Gasteiger partial charge in [-0.25, -0.2) is 4.79 Å². The van der Waals surface area contributed by atoms with Crippen LogP contribution in [0.5, 0.6) is 11.5 Å². The second kappa shape index (κ2) is 10.5. The number of hydrogen-bond acceptors (Lipinski definition) is 8. The smallest absolute Gasteiger partial charge is 0.335 e. The minimum atomic E-state index is -1.09. The SMILES string of the molecule is CC(=O)Oc1ccc(C2=CC3(C(=O)O2)C2C(=C4CCCCC4)C(=O)OC2(c2ccc(OC(C)=O)cc2)C32CCCCC2)cc1. The molecular weight excluding hydrogens is 560 g/mol. The summed E-state index contributed by atoms with van der Waals surface area (Å²) in [6.45, 7) is 2.70. The second-order valence-electron chi connectivity index (χ2n) is 12.8. The molecule has 3 saturated carbocycles. The van der Waals surface area contributed by atoms with Crippen molar-refractivity contribution in [3.63, 3.8) is 0 Å². The van der Waals surface area contributed by atoms with Crippen molar-refractivity contribution in [1.82, 2.24) is 0 Å². The number of carbonyl (C=O) groups is 4.